The third-order valence-electron chi connectivity index (χ3n) is 4.21. The number of para-hydroxylation sites is 1. The van der Waals surface area contributed by atoms with E-state index in [0.717, 1.165) is 0 Å². The summed E-state index contributed by atoms with van der Waals surface area (Å²) >= 11 is 6.02. The fraction of sp³-hybridized carbons (Fsp3) is 0.211. The summed E-state index contributed by atoms with van der Waals surface area (Å²) < 4.78 is 13.1. The van der Waals surface area contributed by atoms with E-state index in [1.807, 2.05) is 0 Å². The lowest BCUT2D eigenvalue weighted by Crippen LogP contribution is -2.58. The molecule has 0 saturated carbocycles. The number of benzene rings is 2. The number of piperazine rings is 1. The molecule has 3 amide bonds. The minimum absolute atomic E-state index is 0.218. The van der Waals surface area contributed by atoms with Crippen molar-refractivity contribution < 1.29 is 18.8 Å². The Bertz CT molecular complexity index is 873. The van der Waals surface area contributed by atoms with E-state index in [1.165, 1.54) is 29.2 Å². The predicted octanol–water partition coefficient (Wildman–Crippen LogP) is 2.45. The molecule has 0 aliphatic carbocycles. The van der Waals surface area contributed by atoms with Gasteiger partial charge in [-0.25, -0.2) is 4.39 Å². The molecule has 2 aromatic carbocycles. The third kappa shape index (κ3) is 4.43. The maximum atomic E-state index is 13.1. The van der Waals surface area contributed by atoms with Crippen molar-refractivity contribution in [2.24, 2.45) is 0 Å². The molecule has 1 saturated heterocycles. The van der Waals surface area contributed by atoms with Crippen molar-refractivity contribution >= 4 is 35.0 Å². The van der Waals surface area contributed by atoms with Crippen LogP contribution in [0.4, 0.5) is 10.1 Å². The molecule has 140 valence electrons. The average Bonchev–Trinajstić information content (AvgIpc) is 2.65. The molecule has 27 heavy (non-hydrogen) atoms. The van der Waals surface area contributed by atoms with Crippen LogP contribution < -0.4 is 10.6 Å². The molecule has 3 rings (SSSR count). The zero-order valence-electron chi connectivity index (χ0n) is 14.2. The van der Waals surface area contributed by atoms with Gasteiger partial charge in [-0.3, -0.25) is 14.4 Å². The van der Waals surface area contributed by atoms with E-state index in [4.69, 9.17) is 11.6 Å². The van der Waals surface area contributed by atoms with Crippen LogP contribution in [0, 0.1) is 5.82 Å². The summed E-state index contributed by atoms with van der Waals surface area (Å²) in [5, 5.41) is 5.68. The number of anilines is 1. The molecule has 6 nitrogen and oxygen atoms in total. The number of carbonyl (C=O) groups excluding carboxylic acids is 3. The lowest BCUT2D eigenvalue weighted by atomic mass is 10.1. The second-order valence-electron chi connectivity index (χ2n) is 6.04. The molecular weight excluding hydrogens is 373 g/mol. The first-order chi connectivity index (χ1) is 13.0. The van der Waals surface area contributed by atoms with Crippen LogP contribution in [0.25, 0.3) is 0 Å². The minimum Gasteiger partial charge on any atom is -0.353 e. The molecule has 8 heteroatoms. The fourth-order valence-electron chi connectivity index (χ4n) is 2.86. The molecular formula is C19H17ClFN3O3. The Morgan fingerprint density at radius 3 is 2.59 bits per heavy atom. The van der Waals surface area contributed by atoms with Gasteiger partial charge in [0.25, 0.3) is 5.91 Å². The van der Waals surface area contributed by atoms with Crippen molar-refractivity contribution in [2.75, 3.05) is 18.4 Å². The number of carbonyl (C=O) groups is 3. The monoisotopic (exact) mass is 389 g/mol. The van der Waals surface area contributed by atoms with Gasteiger partial charge in [0.15, 0.2) is 0 Å². The van der Waals surface area contributed by atoms with Gasteiger partial charge in [-0.2, -0.15) is 0 Å². The zero-order chi connectivity index (χ0) is 19.4. The van der Waals surface area contributed by atoms with Gasteiger partial charge in [0.2, 0.25) is 11.8 Å². The highest BCUT2D eigenvalue weighted by Gasteiger charge is 2.35. The number of hydrogen-bond acceptors (Lipinski definition) is 3. The second kappa shape index (κ2) is 8.18. The van der Waals surface area contributed by atoms with Gasteiger partial charge in [-0.05, 0) is 36.4 Å². The van der Waals surface area contributed by atoms with Gasteiger partial charge in [-0.15, -0.1) is 0 Å². The van der Waals surface area contributed by atoms with Gasteiger partial charge in [0.1, 0.15) is 11.9 Å². The highest BCUT2D eigenvalue weighted by Crippen LogP contribution is 2.21. The van der Waals surface area contributed by atoms with Crippen LogP contribution in [0.5, 0.6) is 0 Å². The maximum absolute atomic E-state index is 13.1. The van der Waals surface area contributed by atoms with Crippen LogP contribution in [0.1, 0.15) is 16.8 Å². The number of rotatable bonds is 4. The lowest BCUT2D eigenvalue weighted by molar-refractivity contribution is -0.131. The number of amides is 3. The van der Waals surface area contributed by atoms with Gasteiger partial charge in [0.05, 0.1) is 17.1 Å². The van der Waals surface area contributed by atoms with Crippen molar-refractivity contribution in [2.45, 2.75) is 12.5 Å². The van der Waals surface area contributed by atoms with Crippen LogP contribution in [0.15, 0.2) is 48.5 Å². The molecule has 1 fully saturated rings. The van der Waals surface area contributed by atoms with E-state index in [2.05, 4.69) is 10.6 Å². The number of nitrogens with zero attached hydrogens (tertiary/aromatic N) is 1. The molecule has 1 aliphatic heterocycles. The molecule has 2 N–H and O–H groups in total. The van der Waals surface area contributed by atoms with Gasteiger partial charge in [0, 0.05) is 18.7 Å². The van der Waals surface area contributed by atoms with Crippen LogP contribution in [-0.2, 0) is 9.59 Å². The topological polar surface area (TPSA) is 78.5 Å². The molecule has 0 spiro atoms. The molecule has 0 unspecified atom stereocenters. The molecule has 2 aromatic rings. The van der Waals surface area contributed by atoms with E-state index in [-0.39, 0.29) is 25.1 Å². The first-order valence-electron chi connectivity index (χ1n) is 8.34. The van der Waals surface area contributed by atoms with Crippen molar-refractivity contribution in [3.8, 4) is 0 Å². The molecule has 0 radical (unpaired) electrons. The third-order valence-corrected chi connectivity index (χ3v) is 4.54. The molecule has 0 aromatic heterocycles. The quantitative estimate of drug-likeness (QED) is 0.843. The lowest BCUT2D eigenvalue weighted by Gasteiger charge is -2.34. The SMILES string of the molecule is O=C(C[C@H]1C(=O)NCCN1C(=O)c1ccc(F)cc1)Nc1ccccc1Cl. The summed E-state index contributed by atoms with van der Waals surface area (Å²) in [7, 11) is 0. The standard InChI is InChI=1S/C19H17ClFN3O3/c20-14-3-1-2-4-15(14)23-17(25)11-16-18(26)22-9-10-24(16)19(27)12-5-7-13(21)8-6-12/h1-8,16H,9-11H2,(H,22,26)(H,23,25)/t16-/m0/s1. The predicted molar refractivity (Wildman–Crippen MR) is 98.9 cm³/mol. The second-order valence-corrected chi connectivity index (χ2v) is 6.45. The summed E-state index contributed by atoms with van der Waals surface area (Å²) in [5.41, 5.74) is 0.680. The summed E-state index contributed by atoms with van der Waals surface area (Å²) in [4.78, 5) is 38.7. The Morgan fingerprint density at radius 1 is 1.19 bits per heavy atom. The summed E-state index contributed by atoms with van der Waals surface area (Å²) in [5.74, 6) is -1.74. The molecule has 1 atom stereocenters. The van der Waals surface area contributed by atoms with E-state index in [9.17, 15) is 18.8 Å². The molecule has 1 aliphatic rings. The van der Waals surface area contributed by atoms with Crippen LogP contribution in [-0.4, -0.2) is 41.8 Å². The highest BCUT2D eigenvalue weighted by atomic mass is 35.5. The molecule has 1 heterocycles. The first-order valence-corrected chi connectivity index (χ1v) is 8.72. The minimum atomic E-state index is -0.959. The van der Waals surface area contributed by atoms with E-state index >= 15 is 0 Å². The van der Waals surface area contributed by atoms with Crippen LogP contribution >= 0.6 is 11.6 Å². The number of halogens is 2. The summed E-state index contributed by atoms with van der Waals surface area (Å²) in [6.07, 6.45) is -0.218. The van der Waals surface area contributed by atoms with Gasteiger partial charge < -0.3 is 15.5 Å². The number of nitrogens with one attached hydrogen (secondary N) is 2. The molecule has 0 bridgehead atoms. The van der Waals surface area contributed by atoms with Crippen molar-refractivity contribution in [3.63, 3.8) is 0 Å². The Labute approximate surface area is 160 Å². The number of hydrogen-bond donors (Lipinski definition) is 2. The van der Waals surface area contributed by atoms with Crippen LogP contribution in [0.2, 0.25) is 5.02 Å². The first kappa shape index (κ1) is 18.8. The van der Waals surface area contributed by atoms with E-state index < -0.39 is 29.6 Å². The van der Waals surface area contributed by atoms with Crippen molar-refractivity contribution in [3.05, 3.63) is 64.9 Å². The van der Waals surface area contributed by atoms with Crippen molar-refractivity contribution in [1.29, 1.82) is 0 Å². The Balaban J connectivity index is 1.75. The van der Waals surface area contributed by atoms with Crippen molar-refractivity contribution in [1.82, 2.24) is 10.2 Å². The Morgan fingerprint density at radius 2 is 1.89 bits per heavy atom. The highest BCUT2D eigenvalue weighted by molar-refractivity contribution is 6.33. The van der Waals surface area contributed by atoms with E-state index in [0.29, 0.717) is 10.7 Å². The van der Waals surface area contributed by atoms with Gasteiger partial charge in [-0.1, -0.05) is 23.7 Å². The van der Waals surface area contributed by atoms with Gasteiger partial charge >= 0.3 is 0 Å². The largest absolute Gasteiger partial charge is 0.353 e. The summed E-state index contributed by atoms with van der Waals surface area (Å²) in [6.45, 7) is 0.542. The van der Waals surface area contributed by atoms with Crippen LogP contribution in [0.3, 0.4) is 0 Å². The summed E-state index contributed by atoms with van der Waals surface area (Å²) in [6, 6.07) is 10.8. The van der Waals surface area contributed by atoms with E-state index in [1.54, 1.807) is 24.3 Å². The smallest absolute Gasteiger partial charge is 0.254 e. The normalized spacial score (nSPS) is 16.6. The average molecular weight is 390 g/mol. The Kier molecular flexibility index (Phi) is 5.71. The Hall–Kier alpha value is -2.93. The maximum Gasteiger partial charge on any atom is 0.254 e. The fourth-order valence-corrected chi connectivity index (χ4v) is 3.04. The zero-order valence-corrected chi connectivity index (χ0v) is 15.0.